The van der Waals surface area contributed by atoms with Gasteiger partial charge < -0.3 is 14.8 Å². The van der Waals surface area contributed by atoms with Crippen molar-refractivity contribution in [2.45, 2.75) is 32.9 Å². The van der Waals surface area contributed by atoms with Crippen LogP contribution in [0.5, 0.6) is 5.75 Å². The molecule has 1 N–H and O–H groups in total. The van der Waals surface area contributed by atoms with Crippen LogP contribution in [-0.4, -0.2) is 25.4 Å². The molecular formula is C21H25NO4. The normalized spacial score (nSPS) is 10.4. The van der Waals surface area contributed by atoms with Crippen molar-refractivity contribution in [2.24, 2.45) is 0 Å². The first-order valence-electron chi connectivity index (χ1n) is 8.66. The molecule has 0 heterocycles. The van der Waals surface area contributed by atoms with E-state index in [1.165, 1.54) is 6.92 Å². The van der Waals surface area contributed by atoms with Crippen molar-refractivity contribution in [2.75, 3.05) is 13.7 Å². The molecule has 26 heavy (non-hydrogen) atoms. The molecule has 0 saturated carbocycles. The van der Waals surface area contributed by atoms with E-state index in [2.05, 4.69) is 5.32 Å². The largest absolute Gasteiger partial charge is 0.494 e. The maximum Gasteiger partial charge on any atom is 0.220 e. The quantitative estimate of drug-likeness (QED) is 0.523. The van der Waals surface area contributed by atoms with Gasteiger partial charge in [0.15, 0.2) is 5.78 Å². The van der Waals surface area contributed by atoms with E-state index in [9.17, 15) is 9.59 Å². The Labute approximate surface area is 154 Å². The molecule has 0 fully saturated rings. The average Bonchev–Trinajstić information content (AvgIpc) is 2.65. The van der Waals surface area contributed by atoms with Gasteiger partial charge in [-0.2, -0.15) is 0 Å². The summed E-state index contributed by atoms with van der Waals surface area (Å²) in [6.45, 7) is 3.00. The van der Waals surface area contributed by atoms with Gasteiger partial charge in [0.2, 0.25) is 5.91 Å². The fourth-order valence-electron chi connectivity index (χ4n) is 2.52. The fraction of sp³-hybridized carbons (Fsp3) is 0.333. The molecule has 5 heteroatoms. The molecule has 2 rings (SSSR count). The van der Waals surface area contributed by atoms with Gasteiger partial charge in [0.1, 0.15) is 5.75 Å². The zero-order valence-electron chi connectivity index (χ0n) is 15.3. The topological polar surface area (TPSA) is 64.6 Å². The molecule has 0 saturated heterocycles. The first-order valence-corrected chi connectivity index (χ1v) is 8.66. The molecule has 0 spiro atoms. The highest BCUT2D eigenvalue weighted by Crippen LogP contribution is 2.13. The standard InChI is InChI=1S/C21H25NO4/c1-16(23)17-9-11-20(12-10-17)26-13-5-8-21(24)22-14-18-6-3-4-7-19(18)15-25-2/h3-4,6-7,9-12H,5,8,13-15H2,1-2H3,(H,22,24). The van der Waals surface area contributed by atoms with Crippen molar-refractivity contribution in [3.8, 4) is 5.75 Å². The van der Waals surface area contributed by atoms with Crippen molar-refractivity contribution in [1.82, 2.24) is 5.32 Å². The minimum atomic E-state index is -0.00672. The molecule has 0 atom stereocenters. The third-order valence-electron chi connectivity index (χ3n) is 3.97. The Morgan fingerprint density at radius 3 is 2.35 bits per heavy atom. The second-order valence-electron chi connectivity index (χ2n) is 6.01. The number of methoxy groups -OCH3 is 1. The molecule has 138 valence electrons. The molecule has 1 amide bonds. The van der Waals surface area contributed by atoms with Gasteiger partial charge in [-0.05, 0) is 48.7 Å². The van der Waals surface area contributed by atoms with Crippen LogP contribution in [0.1, 0.15) is 41.3 Å². The van der Waals surface area contributed by atoms with Crippen LogP contribution in [0.15, 0.2) is 48.5 Å². The highest BCUT2D eigenvalue weighted by atomic mass is 16.5. The summed E-state index contributed by atoms with van der Waals surface area (Å²) in [5.41, 5.74) is 2.79. The van der Waals surface area contributed by atoms with Crippen molar-refractivity contribution in [3.63, 3.8) is 0 Å². The summed E-state index contributed by atoms with van der Waals surface area (Å²) in [7, 11) is 1.66. The first-order chi connectivity index (χ1) is 12.6. The zero-order chi connectivity index (χ0) is 18.8. The van der Waals surface area contributed by atoms with Gasteiger partial charge in [-0.25, -0.2) is 0 Å². The van der Waals surface area contributed by atoms with Crippen LogP contribution < -0.4 is 10.1 Å². The number of hydrogen-bond acceptors (Lipinski definition) is 4. The molecule has 0 aliphatic rings. The number of ketones is 1. The summed E-state index contributed by atoms with van der Waals surface area (Å²) in [6, 6.07) is 14.9. The Morgan fingerprint density at radius 2 is 1.69 bits per heavy atom. The van der Waals surface area contributed by atoms with E-state index in [-0.39, 0.29) is 11.7 Å². The zero-order valence-corrected chi connectivity index (χ0v) is 15.3. The first kappa shape index (κ1) is 19.7. The van der Waals surface area contributed by atoms with Gasteiger partial charge in [0.25, 0.3) is 0 Å². The lowest BCUT2D eigenvalue weighted by molar-refractivity contribution is -0.121. The Balaban J connectivity index is 1.68. The summed E-state index contributed by atoms with van der Waals surface area (Å²) in [6.07, 6.45) is 1.03. The van der Waals surface area contributed by atoms with Crippen LogP contribution in [0.4, 0.5) is 0 Å². The SMILES string of the molecule is COCc1ccccc1CNC(=O)CCCOc1ccc(C(C)=O)cc1. The smallest absolute Gasteiger partial charge is 0.220 e. The molecule has 5 nitrogen and oxygen atoms in total. The van der Waals surface area contributed by atoms with Gasteiger partial charge in [-0.1, -0.05) is 24.3 Å². The number of carbonyl (C=O) groups excluding carboxylic acids is 2. The predicted molar refractivity (Wildman–Crippen MR) is 100 cm³/mol. The third kappa shape index (κ3) is 6.33. The monoisotopic (exact) mass is 355 g/mol. The van der Waals surface area contributed by atoms with E-state index < -0.39 is 0 Å². The molecule has 0 radical (unpaired) electrons. The van der Waals surface area contributed by atoms with Crippen LogP contribution >= 0.6 is 0 Å². The highest BCUT2D eigenvalue weighted by molar-refractivity contribution is 5.94. The number of nitrogens with one attached hydrogen (secondary N) is 1. The van der Waals surface area contributed by atoms with Crippen molar-refractivity contribution >= 4 is 11.7 Å². The lowest BCUT2D eigenvalue weighted by Crippen LogP contribution is -2.23. The molecule has 0 unspecified atom stereocenters. The molecule has 2 aromatic rings. The van der Waals surface area contributed by atoms with Crippen molar-refractivity contribution < 1.29 is 19.1 Å². The number of benzene rings is 2. The van der Waals surface area contributed by atoms with Crippen LogP contribution in [0.3, 0.4) is 0 Å². The fourth-order valence-corrected chi connectivity index (χ4v) is 2.52. The average molecular weight is 355 g/mol. The molecule has 0 aliphatic carbocycles. The summed E-state index contributed by atoms with van der Waals surface area (Å²) >= 11 is 0. The van der Waals surface area contributed by atoms with E-state index in [1.807, 2.05) is 24.3 Å². The summed E-state index contributed by atoms with van der Waals surface area (Å²) in [5, 5.41) is 2.93. The van der Waals surface area contributed by atoms with E-state index in [0.717, 1.165) is 11.1 Å². The molecule has 0 aromatic heterocycles. The Kier molecular flexibility index (Phi) is 7.83. The number of hydrogen-bond donors (Lipinski definition) is 1. The van der Waals surface area contributed by atoms with Crippen molar-refractivity contribution in [3.05, 3.63) is 65.2 Å². The number of amides is 1. The third-order valence-corrected chi connectivity index (χ3v) is 3.97. The molecule has 0 bridgehead atoms. The maximum atomic E-state index is 12.0. The Hall–Kier alpha value is -2.66. The van der Waals surface area contributed by atoms with Crippen LogP contribution in [0, 0.1) is 0 Å². The van der Waals surface area contributed by atoms with Crippen LogP contribution in [0.25, 0.3) is 0 Å². The summed E-state index contributed by atoms with van der Waals surface area (Å²) in [4.78, 5) is 23.2. The number of Topliss-reactive ketones (excluding diaryl/α,β-unsaturated/α-hetero) is 1. The summed E-state index contributed by atoms with van der Waals surface area (Å²) < 4.78 is 10.8. The highest BCUT2D eigenvalue weighted by Gasteiger charge is 2.05. The van der Waals surface area contributed by atoms with Gasteiger partial charge >= 0.3 is 0 Å². The van der Waals surface area contributed by atoms with Crippen molar-refractivity contribution in [1.29, 1.82) is 0 Å². The second kappa shape index (κ2) is 10.4. The summed E-state index contributed by atoms with van der Waals surface area (Å²) in [5.74, 6) is 0.719. The lowest BCUT2D eigenvalue weighted by atomic mass is 10.1. The maximum absolute atomic E-state index is 12.0. The van der Waals surface area contributed by atoms with Crippen LogP contribution in [0.2, 0.25) is 0 Å². The minimum Gasteiger partial charge on any atom is -0.494 e. The Morgan fingerprint density at radius 1 is 1.00 bits per heavy atom. The second-order valence-corrected chi connectivity index (χ2v) is 6.01. The van der Waals surface area contributed by atoms with Gasteiger partial charge in [0, 0.05) is 25.6 Å². The van der Waals surface area contributed by atoms with Gasteiger partial charge in [-0.15, -0.1) is 0 Å². The molecule has 2 aromatic carbocycles. The van der Waals surface area contributed by atoms with E-state index >= 15 is 0 Å². The lowest BCUT2D eigenvalue weighted by Gasteiger charge is -2.10. The number of carbonyl (C=O) groups is 2. The van der Waals surface area contributed by atoms with E-state index in [4.69, 9.17) is 9.47 Å². The molecule has 0 aliphatic heterocycles. The van der Waals surface area contributed by atoms with Gasteiger partial charge in [-0.3, -0.25) is 9.59 Å². The van der Waals surface area contributed by atoms with E-state index in [0.29, 0.717) is 43.9 Å². The Bertz CT molecular complexity index is 725. The molecular weight excluding hydrogens is 330 g/mol. The van der Waals surface area contributed by atoms with E-state index in [1.54, 1.807) is 31.4 Å². The van der Waals surface area contributed by atoms with Crippen LogP contribution in [-0.2, 0) is 22.7 Å². The number of ether oxygens (including phenoxy) is 2. The predicted octanol–water partition coefficient (Wildman–Crippen LogP) is 3.51. The minimum absolute atomic E-state index is 0.00672. The van der Waals surface area contributed by atoms with Gasteiger partial charge in [0.05, 0.1) is 13.2 Å². The number of rotatable bonds is 10.